The molecule has 1 N–H and O–H groups in total. The minimum atomic E-state index is 0.261. The molecule has 0 amide bonds. The summed E-state index contributed by atoms with van der Waals surface area (Å²) in [7, 11) is 0. The first-order valence-electron chi connectivity index (χ1n) is 6.30. The van der Waals surface area contributed by atoms with Crippen LogP contribution in [0.3, 0.4) is 0 Å². The van der Waals surface area contributed by atoms with E-state index in [1.807, 2.05) is 0 Å². The lowest BCUT2D eigenvalue weighted by molar-refractivity contribution is -0.116. The first-order valence-corrected chi connectivity index (χ1v) is 6.30. The van der Waals surface area contributed by atoms with Crippen LogP contribution in [0, 0.1) is 11.3 Å². The molecule has 0 radical (unpaired) electrons. The summed E-state index contributed by atoms with van der Waals surface area (Å²) in [6, 6.07) is 0. The molecule has 0 aromatic carbocycles. The number of Topliss-reactive ketones (excluding diaryl/α,β-unsaturated/α-hetero) is 1. The molecule has 94 valence electrons. The number of carbonyl (C=O) groups is 1. The SMILES string of the molecule is CC(=O)CCNCC(C)(C)C1CCOCC1. The van der Waals surface area contributed by atoms with Crippen molar-refractivity contribution in [3.05, 3.63) is 0 Å². The fourth-order valence-electron chi connectivity index (χ4n) is 2.30. The molecule has 1 aliphatic heterocycles. The zero-order valence-electron chi connectivity index (χ0n) is 10.8. The molecule has 0 aromatic rings. The predicted octanol–water partition coefficient (Wildman–Crippen LogP) is 2.01. The Bertz CT molecular complexity index is 220. The van der Waals surface area contributed by atoms with Crippen LogP contribution in [0.2, 0.25) is 0 Å². The van der Waals surface area contributed by atoms with E-state index in [9.17, 15) is 4.79 Å². The van der Waals surface area contributed by atoms with E-state index in [0.29, 0.717) is 11.8 Å². The van der Waals surface area contributed by atoms with Crippen molar-refractivity contribution >= 4 is 5.78 Å². The fourth-order valence-corrected chi connectivity index (χ4v) is 2.30. The van der Waals surface area contributed by atoms with Crippen molar-refractivity contribution in [3.8, 4) is 0 Å². The minimum absolute atomic E-state index is 0.261. The maximum atomic E-state index is 10.8. The Kier molecular flexibility index (Phi) is 5.42. The minimum Gasteiger partial charge on any atom is -0.381 e. The molecular weight excluding hydrogens is 202 g/mol. The second kappa shape index (κ2) is 6.36. The molecule has 3 heteroatoms. The highest BCUT2D eigenvalue weighted by molar-refractivity contribution is 5.75. The fraction of sp³-hybridized carbons (Fsp3) is 0.923. The van der Waals surface area contributed by atoms with Gasteiger partial charge in [0.05, 0.1) is 0 Å². The van der Waals surface area contributed by atoms with E-state index in [1.54, 1.807) is 6.92 Å². The highest BCUT2D eigenvalue weighted by Gasteiger charge is 2.30. The lowest BCUT2D eigenvalue weighted by Crippen LogP contribution is -2.39. The van der Waals surface area contributed by atoms with Gasteiger partial charge in [-0.05, 0) is 31.1 Å². The van der Waals surface area contributed by atoms with E-state index in [2.05, 4.69) is 19.2 Å². The number of rotatable bonds is 6. The first kappa shape index (κ1) is 13.7. The van der Waals surface area contributed by atoms with Crippen LogP contribution in [0.25, 0.3) is 0 Å². The van der Waals surface area contributed by atoms with Gasteiger partial charge >= 0.3 is 0 Å². The molecule has 1 rings (SSSR count). The smallest absolute Gasteiger partial charge is 0.131 e. The topological polar surface area (TPSA) is 38.3 Å². The lowest BCUT2D eigenvalue weighted by Gasteiger charge is -2.37. The Morgan fingerprint density at radius 1 is 1.38 bits per heavy atom. The van der Waals surface area contributed by atoms with E-state index in [-0.39, 0.29) is 5.78 Å². The highest BCUT2D eigenvalue weighted by Crippen LogP contribution is 2.33. The van der Waals surface area contributed by atoms with Gasteiger partial charge in [-0.15, -0.1) is 0 Å². The number of ether oxygens (including phenoxy) is 1. The van der Waals surface area contributed by atoms with Crippen molar-refractivity contribution in [2.24, 2.45) is 11.3 Å². The van der Waals surface area contributed by atoms with Gasteiger partial charge in [-0.3, -0.25) is 4.79 Å². The zero-order valence-corrected chi connectivity index (χ0v) is 10.8. The van der Waals surface area contributed by atoms with Crippen molar-refractivity contribution in [2.75, 3.05) is 26.3 Å². The molecule has 0 spiro atoms. The van der Waals surface area contributed by atoms with Crippen molar-refractivity contribution in [1.82, 2.24) is 5.32 Å². The number of hydrogen-bond donors (Lipinski definition) is 1. The predicted molar refractivity (Wildman–Crippen MR) is 65.5 cm³/mol. The molecule has 1 aliphatic rings. The third-order valence-corrected chi connectivity index (χ3v) is 3.56. The average molecular weight is 227 g/mol. The van der Waals surface area contributed by atoms with Crippen molar-refractivity contribution in [1.29, 1.82) is 0 Å². The molecule has 0 aliphatic carbocycles. The number of ketones is 1. The van der Waals surface area contributed by atoms with Gasteiger partial charge in [0.1, 0.15) is 5.78 Å². The summed E-state index contributed by atoms with van der Waals surface area (Å²) < 4.78 is 5.39. The molecule has 0 saturated carbocycles. The van der Waals surface area contributed by atoms with Crippen LogP contribution in [0.4, 0.5) is 0 Å². The molecule has 0 bridgehead atoms. The molecule has 1 fully saturated rings. The summed E-state index contributed by atoms with van der Waals surface area (Å²) in [6.07, 6.45) is 2.98. The van der Waals surface area contributed by atoms with Crippen LogP contribution in [0.15, 0.2) is 0 Å². The zero-order chi connectivity index (χ0) is 12.0. The normalized spacial score (nSPS) is 18.7. The Labute approximate surface area is 98.9 Å². The maximum Gasteiger partial charge on any atom is 0.131 e. The monoisotopic (exact) mass is 227 g/mol. The van der Waals surface area contributed by atoms with Crippen molar-refractivity contribution in [2.45, 2.75) is 40.0 Å². The average Bonchev–Trinajstić information content (AvgIpc) is 2.26. The van der Waals surface area contributed by atoms with Crippen LogP contribution in [-0.4, -0.2) is 32.1 Å². The molecular formula is C13H25NO2. The van der Waals surface area contributed by atoms with E-state index < -0.39 is 0 Å². The third kappa shape index (κ3) is 4.62. The number of hydrogen-bond acceptors (Lipinski definition) is 3. The molecule has 3 nitrogen and oxygen atoms in total. The Morgan fingerprint density at radius 2 is 2.00 bits per heavy atom. The highest BCUT2D eigenvalue weighted by atomic mass is 16.5. The summed E-state index contributed by atoms with van der Waals surface area (Å²) in [5.41, 5.74) is 0.306. The van der Waals surface area contributed by atoms with Gasteiger partial charge in [0, 0.05) is 32.7 Å². The van der Waals surface area contributed by atoms with E-state index >= 15 is 0 Å². The van der Waals surface area contributed by atoms with E-state index in [0.717, 1.165) is 32.2 Å². The van der Waals surface area contributed by atoms with Gasteiger partial charge in [0.15, 0.2) is 0 Å². The van der Waals surface area contributed by atoms with Gasteiger partial charge in [-0.2, -0.15) is 0 Å². The summed E-state index contributed by atoms with van der Waals surface area (Å²) in [5.74, 6) is 1.00. The van der Waals surface area contributed by atoms with E-state index in [1.165, 1.54) is 12.8 Å². The molecule has 0 atom stereocenters. The van der Waals surface area contributed by atoms with Crippen molar-refractivity contribution in [3.63, 3.8) is 0 Å². The van der Waals surface area contributed by atoms with Crippen LogP contribution in [-0.2, 0) is 9.53 Å². The van der Waals surface area contributed by atoms with Gasteiger partial charge in [-0.1, -0.05) is 13.8 Å². The molecule has 16 heavy (non-hydrogen) atoms. The second-order valence-electron chi connectivity index (χ2n) is 5.50. The Balaban J connectivity index is 2.24. The second-order valence-corrected chi connectivity index (χ2v) is 5.50. The van der Waals surface area contributed by atoms with Crippen LogP contribution in [0.5, 0.6) is 0 Å². The molecule has 1 saturated heterocycles. The molecule has 0 aromatic heterocycles. The van der Waals surface area contributed by atoms with Gasteiger partial charge in [0.2, 0.25) is 0 Å². The largest absolute Gasteiger partial charge is 0.381 e. The quantitative estimate of drug-likeness (QED) is 0.705. The van der Waals surface area contributed by atoms with E-state index in [4.69, 9.17) is 4.74 Å². The Hall–Kier alpha value is -0.410. The first-order chi connectivity index (χ1) is 7.52. The third-order valence-electron chi connectivity index (χ3n) is 3.56. The molecule has 0 unspecified atom stereocenters. The number of carbonyl (C=O) groups excluding carboxylic acids is 1. The molecule has 1 heterocycles. The number of nitrogens with one attached hydrogen (secondary N) is 1. The van der Waals surface area contributed by atoms with Gasteiger partial charge in [0.25, 0.3) is 0 Å². The van der Waals surface area contributed by atoms with Crippen LogP contribution < -0.4 is 5.32 Å². The maximum absolute atomic E-state index is 10.8. The van der Waals surface area contributed by atoms with Crippen molar-refractivity contribution < 1.29 is 9.53 Å². The van der Waals surface area contributed by atoms with Gasteiger partial charge in [-0.25, -0.2) is 0 Å². The summed E-state index contributed by atoms with van der Waals surface area (Å²) in [6.45, 7) is 9.87. The standard InChI is InChI=1S/C13H25NO2/c1-11(15)4-7-14-10-13(2,3)12-5-8-16-9-6-12/h12,14H,4-10H2,1-3H3. The lowest BCUT2D eigenvalue weighted by atomic mass is 9.74. The Morgan fingerprint density at radius 3 is 2.56 bits per heavy atom. The summed E-state index contributed by atoms with van der Waals surface area (Å²) in [4.78, 5) is 10.8. The summed E-state index contributed by atoms with van der Waals surface area (Å²) in [5, 5.41) is 3.39. The van der Waals surface area contributed by atoms with Crippen LogP contribution >= 0.6 is 0 Å². The van der Waals surface area contributed by atoms with Crippen LogP contribution in [0.1, 0.15) is 40.0 Å². The summed E-state index contributed by atoms with van der Waals surface area (Å²) >= 11 is 0. The van der Waals surface area contributed by atoms with Gasteiger partial charge < -0.3 is 10.1 Å².